The average Bonchev–Trinajstić information content (AvgIpc) is 2.54. The molecule has 15 heavy (non-hydrogen) atoms. The summed E-state index contributed by atoms with van der Waals surface area (Å²) < 4.78 is 5.71. The second-order valence-electron chi connectivity index (χ2n) is 4.61. The highest BCUT2D eigenvalue weighted by Gasteiger charge is 2.31. The van der Waals surface area contributed by atoms with Gasteiger partial charge in [-0.25, -0.2) is 0 Å². The molecule has 1 N–H and O–H groups in total. The molecule has 0 spiro atoms. The van der Waals surface area contributed by atoms with Gasteiger partial charge in [-0.3, -0.25) is 0 Å². The molecule has 0 saturated heterocycles. The van der Waals surface area contributed by atoms with Gasteiger partial charge in [0.25, 0.3) is 0 Å². The molecule has 0 heterocycles. The first-order valence-electron chi connectivity index (χ1n) is 5.56. The van der Waals surface area contributed by atoms with E-state index in [1.807, 2.05) is 18.2 Å². The van der Waals surface area contributed by atoms with E-state index in [4.69, 9.17) is 4.74 Å². The van der Waals surface area contributed by atoms with Crippen LogP contribution in [0.5, 0.6) is 0 Å². The van der Waals surface area contributed by atoms with E-state index < -0.39 is 6.10 Å². The summed E-state index contributed by atoms with van der Waals surface area (Å²) in [5.74, 6) is 0.515. The van der Waals surface area contributed by atoms with Crippen molar-refractivity contribution in [3.05, 3.63) is 35.4 Å². The third kappa shape index (κ3) is 2.21. The third-order valence-corrected chi connectivity index (χ3v) is 2.79. The predicted octanol–water partition coefficient (Wildman–Crippen LogP) is 2.32. The van der Waals surface area contributed by atoms with Gasteiger partial charge in [-0.2, -0.15) is 0 Å². The number of hydrogen-bond acceptors (Lipinski definition) is 2. The van der Waals surface area contributed by atoms with Crippen molar-refractivity contribution in [2.45, 2.75) is 32.5 Å². The molecular weight excluding hydrogens is 188 g/mol. The molecule has 2 heteroatoms. The van der Waals surface area contributed by atoms with Crippen LogP contribution in [0.15, 0.2) is 24.3 Å². The lowest BCUT2D eigenvalue weighted by molar-refractivity contribution is -0.0370. The Hall–Kier alpha value is -0.860. The van der Waals surface area contributed by atoms with Crippen LogP contribution in [-0.4, -0.2) is 17.8 Å². The van der Waals surface area contributed by atoms with Crippen molar-refractivity contribution in [3.8, 4) is 0 Å². The molecule has 1 aliphatic carbocycles. The van der Waals surface area contributed by atoms with Gasteiger partial charge in [-0.15, -0.1) is 0 Å². The van der Waals surface area contributed by atoms with Crippen molar-refractivity contribution < 1.29 is 9.84 Å². The summed E-state index contributed by atoms with van der Waals surface area (Å²) in [5, 5.41) is 10.0. The Morgan fingerprint density at radius 1 is 1.40 bits per heavy atom. The molecule has 2 rings (SSSR count). The molecule has 1 aromatic rings. The van der Waals surface area contributed by atoms with Crippen molar-refractivity contribution in [1.29, 1.82) is 0 Å². The molecule has 0 radical (unpaired) electrons. The monoisotopic (exact) mass is 206 g/mol. The zero-order valence-electron chi connectivity index (χ0n) is 9.31. The Bertz CT molecular complexity index is 333. The molecule has 2 unspecified atom stereocenters. The summed E-state index contributed by atoms with van der Waals surface area (Å²) in [5.41, 5.74) is 2.25. The van der Waals surface area contributed by atoms with E-state index >= 15 is 0 Å². The Labute approximate surface area is 90.9 Å². The van der Waals surface area contributed by atoms with Crippen LogP contribution in [0.1, 0.15) is 31.1 Å². The average molecular weight is 206 g/mol. The molecule has 1 aliphatic rings. The zero-order chi connectivity index (χ0) is 10.8. The van der Waals surface area contributed by atoms with Crippen molar-refractivity contribution in [3.63, 3.8) is 0 Å². The molecule has 0 aromatic heterocycles. The molecule has 2 atom stereocenters. The van der Waals surface area contributed by atoms with Crippen molar-refractivity contribution in [2.24, 2.45) is 5.92 Å². The maximum Gasteiger partial charge on any atom is 0.106 e. The fourth-order valence-corrected chi connectivity index (χ4v) is 2.00. The number of benzene rings is 1. The smallest absolute Gasteiger partial charge is 0.106 e. The van der Waals surface area contributed by atoms with Crippen molar-refractivity contribution in [2.75, 3.05) is 6.61 Å². The van der Waals surface area contributed by atoms with Crippen LogP contribution in [0.3, 0.4) is 0 Å². The molecule has 2 nitrogen and oxygen atoms in total. The Morgan fingerprint density at radius 2 is 2.13 bits per heavy atom. The first-order valence-corrected chi connectivity index (χ1v) is 5.56. The van der Waals surface area contributed by atoms with E-state index in [1.165, 1.54) is 5.56 Å². The standard InChI is InChI=1S/C13H18O2/c1-9(2)8-15-12-7-10-5-3-4-6-11(10)13(12)14/h3-6,9,12-14H,7-8H2,1-2H3. The van der Waals surface area contributed by atoms with E-state index in [2.05, 4.69) is 19.9 Å². The van der Waals surface area contributed by atoms with E-state index in [0.717, 1.165) is 18.6 Å². The largest absolute Gasteiger partial charge is 0.386 e. The molecular formula is C13H18O2. The normalized spacial score (nSPS) is 24.5. The summed E-state index contributed by atoms with van der Waals surface area (Å²) in [6.07, 6.45) is 0.342. The van der Waals surface area contributed by atoms with Gasteiger partial charge in [0.15, 0.2) is 0 Å². The van der Waals surface area contributed by atoms with Gasteiger partial charge >= 0.3 is 0 Å². The maximum absolute atomic E-state index is 10.0. The highest BCUT2D eigenvalue weighted by atomic mass is 16.5. The van der Waals surface area contributed by atoms with Crippen LogP contribution in [0, 0.1) is 5.92 Å². The minimum Gasteiger partial charge on any atom is -0.386 e. The zero-order valence-corrected chi connectivity index (χ0v) is 9.31. The van der Waals surface area contributed by atoms with Gasteiger partial charge < -0.3 is 9.84 Å². The van der Waals surface area contributed by atoms with Crippen molar-refractivity contribution >= 4 is 0 Å². The molecule has 0 amide bonds. The second kappa shape index (κ2) is 4.33. The lowest BCUT2D eigenvalue weighted by Gasteiger charge is -2.17. The van der Waals surface area contributed by atoms with Gasteiger partial charge in [0.2, 0.25) is 0 Å². The number of ether oxygens (including phenoxy) is 1. The predicted molar refractivity (Wildman–Crippen MR) is 59.7 cm³/mol. The number of aliphatic hydroxyl groups excluding tert-OH is 1. The van der Waals surface area contributed by atoms with Crippen LogP contribution < -0.4 is 0 Å². The summed E-state index contributed by atoms with van der Waals surface area (Å²) in [6, 6.07) is 8.03. The molecule has 0 aliphatic heterocycles. The fourth-order valence-electron chi connectivity index (χ4n) is 2.00. The van der Waals surface area contributed by atoms with Gasteiger partial charge in [-0.05, 0) is 17.0 Å². The quantitative estimate of drug-likeness (QED) is 0.822. The van der Waals surface area contributed by atoms with Crippen LogP contribution in [0.4, 0.5) is 0 Å². The van der Waals surface area contributed by atoms with Gasteiger partial charge in [0.05, 0.1) is 6.10 Å². The van der Waals surface area contributed by atoms with E-state index in [9.17, 15) is 5.11 Å². The Kier molecular flexibility index (Phi) is 3.08. The second-order valence-corrected chi connectivity index (χ2v) is 4.61. The van der Waals surface area contributed by atoms with Gasteiger partial charge in [0, 0.05) is 13.0 Å². The van der Waals surface area contributed by atoms with Crippen LogP contribution in [0.2, 0.25) is 0 Å². The first-order chi connectivity index (χ1) is 7.18. The first kappa shape index (κ1) is 10.7. The molecule has 82 valence electrons. The molecule has 0 fully saturated rings. The van der Waals surface area contributed by atoms with Crippen LogP contribution >= 0.6 is 0 Å². The number of fused-ring (bicyclic) bond motifs is 1. The summed E-state index contributed by atoms with van der Waals surface area (Å²) >= 11 is 0. The van der Waals surface area contributed by atoms with Crippen molar-refractivity contribution in [1.82, 2.24) is 0 Å². The summed E-state index contributed by atoms with van der Waals surface area (Å²) in [6.45, 7) is 4.96. The minimum atomic E-state index is -0.444. The minimum absolute atomic E-state index is 0.0511. The Balaban J connectivity index is 2.03. The van der Waals surface area contributed by atoms with Crippen LogP contribution in [-0.2, 0) is 11.2 Å². The highest BCUT2D eigenvalue weighted by molar-refractivity contribution is 5.35. The Morgan fingerprint density at radius 3 is 2.80 bits per heavy atom. The van der Waals surface area contributed by atoms with E-state index in [0.29, 0.717) is 5.92 Å². The maximum atomic E-state index is 10.0. The van der Waals surface area contributed by atoms with Crippen LogP contribution in [0.25, 0.3) is 0 Å². The van der Waals surface area contributed by atoms with E-state index in [1.54, 1.807) is 0 Å². The van der Waals surface area contributed by atoms with E-state index in [-0.39, 0.29) is 6.10 Å². The summed E-state index contributed by atoms with van der Waals surface area (Å²) in [7, 11) is 0. The van der Waals surface area contributed by atoms with Gasteiger partial charge in [-0.1, -0.05) is 38.1 Å². The highest BCUT2D eigenvalue weighted by Crippen LogP contribution is 2.33. The lowest BCUT2D eigenvalue weighted by atomic mass is 10.1. The molecule has 0 bridgehead atoms. The van der Waals surface area contributed by atoms with Gasteiger partial charge in [0.1, 0.15) is 6.10 Å². The molecule has 1 aromatic carbocycles. The fraction of sp³-hybridized carbons (Fsp3) is 0.538. The topological polar surface area (TPSA) is 29.5 Å². The SMILES string of the molecule is CC(C)COC1Cc2ccccc2C1O. The lowest BCUT2D eigenvalue weighted by Crippen LogP contribution is -2.20. The third-order valence-electron chi connectivity index (χ3n) is 2.79. The number of rotatable bonds is 3. The summed E-state index contributed by atoms with van der Waals surface area (Å²) in [4.78, 5) is 0. The number of aliphatic hydroxyl groups is 1. The molecule has 0 saturated carbocycles. The number of hydrogen-bond donors (Lipinski definition) is 1.